The van der Waals surface area contributed by atoms with E-state index >= 15 is 0 Å². The number of hydrogen-bond donors (Lipinski definition) is 1. The zero-order valence-electron chi connectivity index (χ0n) is 9.54. The Morgan fingerprint density at radius 1 is 1.06 bits per heavy atom. The second kappa shape index (κ2) is 6.01. The largest absolute Gasteiger partial charge is 0.229 e. The molecular weight excluding hydrogens is 298 g/mol. The molecule has 0 amide bonds. The highest BCUT2D eigenvalue weighted by molar-refractivity contribution is 7.91. The van der Waals surface area contributed by atoms with E-state index in [-0.39, 0.29) is 23.7 Å². The fourth-order valence-corrected chi connectivity index (χ4v) is 3.87. The van der Waals surface area contributed by atoms with Crippen molar-refractivity contribution in [2.75, 3.05) is 11.5 Å². The summed E-state index contributed by atoms with van der Waals surface area (Å²) in [5.74, 6) is -0.763. The van der Waals surface area contributed by atoms with Gasteiger partial charge in [-0.1, -0.05) is 29.8 Å². The summed E-state index contributed by atoms with van der Waals surface area (Å²) in [5.41, 5.74) is 0.509. The van der Waals surface area contributed by atoms with Crippen molar-refractivity contribution in [1.29, 1.82) is 0 Å². The second-order valence-electron chi connectivity index (χ2n) is 3.90. The third-order valence-electron chi connectivity index (χ3n) is 2.22. The zero-order valence-corrected chi connectivity index (χ0v) is 11.9. The van der Waals surface area contributed by atoms with Crippen LogP contribution in [0.5, 0.6) is 0 Å². The topological polar surface area (TPSA) is 94.3 Å². The van der Waals surface area contributed by atoms with Gasteiger partial charge in [-0.15, -0.1) is 0 Å². The van der Waals surface area contributed by atoms with Crippen molar-refractivity contribution in [1.82, 2.24) is 0 Å². The zero-order chi connectivity index (χ0) is 13.8. The molecule has 0 heterocycles. The molecule has 1 aromatic carbocycles. The minimum absolute atomic E-state index is 0.00831. The maximum Gasteiger partial charge on any atom is 0.209 e. The first kappa shape index (κ1) is 15.4. The van der Waals surface area contributed by atoms with Crippen LogP contribution in [-0.2, 0) is 25.6 Å². The number of primary sulfonamides is 1. The number of nitrogens with two attached hydrogens (primary N) is 1. The summed E-state index contributed by atoms with van der Waals surface area (Å²) < 4.78 is 44.9. The molecule has 0 unspecified atom stereocenters. The third-order valence-corrected chi connectivity index (χ3v) is 5.11. The molecule has 18 heavy (non-hydrogen) atoms. The Balaban J connectivity index is 2.64. The standard InChI is InChI=1S/C10H14ClNO4S2/c11-10-5-2-1-4-9(10)8-17(13,14)6-3-7-18(12,15)16/h1-2,4-5H,3,6-8H2,(H2,12,15,16). The van der Waals surface area contributed by atoms with Crippen LogP contribution in [0.15, 0.2) is 24.3 Å². The molecule has 2 N–H and O–H groups in total. The monoisotopic (exact) mass is 311 g/mol. The molecule has 0 fully saturated rings. The smallest absolute Gasteiger partial charge is 0.209 e. The van der Waals surface area contributed by atoms with Gasteiger partial charge in [0, 0.05) is 5.02 Å². The first-order chi connectivity index (χ1) is 8.20. The van der Waals surface area contributed by atoms with Gasteiger partial charge in [-0.25, -0.2) is 22.0 Å². The van der Waals surface area contributed by atoms with Crippen LogP contribution in [0, 0.1) is 0 Å². The normalized spacial score (nSPS) is 12.6. The minimum atomic E-state index is -3.62. The fraction of sp³-hybridized carbons (Fsp3) is 0.400. The van der Waals surface area contributed by atoms with E-state index in [2.05, 4.69) is 0 Å². The van der Waals surface area contributed by atoms with E-state index in [4.69, 9.17) is 16.7 Å². The van der Waals surface area contributed by atoms with Gasteiger partial charge in [0.15, 0.2) is 9.84 Å². The first-order valence-corrected chi connectivity index (χ1v) is 9.05. The Hall–Kier alpha value is -0.630. The van der Waals surface area contributed by atoms with Crippen molar-refractivity contribution >= 4 is 31.5 Å². The number of benzene rings is 1. The number of sulfone groups is 1. The van der Waals surface area contributed by atoms with E-state index in [1.807, 2.05) is 0 Å². The van der Waals surface area contributed by atoms with Crippen LogP contribution in [0.1, 0.15) is 12.0 Å². The lowest BCUT2D eigenvalue weighted by Crippen LogP contribution is -2.19. The number of hydrogen-bond acceptors (Lipinski definition) is 4. The van der Waals surface area contributed by atoms with Gasteiger partial charge in [-0.3, -0.25) is 0 Å². The average Bonchev–Trinajstić information content (AvgIpc) is 2.18. The molecular formula is C10H14ClNO4S2. The first-order valence-electron chi connectivity index (χ1n) is 5.14. The Labute approximate surface area is 112 Å². The van der Waals surface area contributed by atoms with Crippen molar-refractivity contribution in [2.24, 2.45) is 5.14 Å². The summed E-state index contributed by atoms with van der Waals surface area (Å²) in [6.45, 7) is 0. The van der Waals surface area contributed by atoms with E-state index in [0.717, 1.165) is 0 Å². The second-order valence-corrected chi connectivity index (χ2v) is 8.23. The van der Waals surface area contributed by atoms with Crippen molar-refractivity contribution in [3.8, 4) is 0 Å². The molecule has 0 saturated heterocycles. The van der Waals surface area contributed by atoms with Crippen molar-refractivity contribution in [3.05, 3.63) is 34.9 Å². The van der Waals surface area contributed by atoms with Crippen LogP contribution in [0.4, 0.5) is 0 Å². The van der Waals surface area contributed by atoms with Crippen molar-refractivity contribution in [2.45, 2.75) is 12.2 Å². The molecule has 0 bridgehead atoms. The molecule has 102 valence electrons. The summed E-state index contributed by atoms with van der Waals surface area (Å²) in [4.78, 5) is 0. The predicted molar refractivity (Wildman–Crippen MR) is 71.5 cm³/mol. The number of halogens is 1. The van der Waals surface area contributed by atoms with Crippen LogP contribution in [0.2, 0.25) is 5.02 Å². The van der Waals surface area contributed by atoms with Crippen LogP contribution in [-0.4, -0.2) is 28.3 Å². The summed E-state index contributed by atoms with van der Waals surface area (Å²) in [7, 11) is -7.00. The van der Waals surface area contributed by atoms with Gasteiger partial charge in [0.2, 0.25) is 10.0 Å². The van der Waals surface area contributed by atoms with Gasteiger partial charge in [-0.2, -0.15) is 0 Å². The maximum atomic E-state index is 11.7. The quantitative estimate of drug-likeness (QED) is 0.845. The number of rotatable bonds is 6. The van der Waals surface area contributed by atoms with Gasteiger partial charge in [0.25, 0.3) is 0 Å². The highest BCUT2D eigenvalue weighted by Crippen LogP contribution is 2.18. The predicted octanol–water partition coefficient (Wildman–Crippen LogP) is 0.933. The lowest BCUT2D eigenvalue weighted by Gasteiger charge is -2.05. The van der Waals surface area contributed by atoms with Crippen LogP contribution < -0.4 is 5.14 Å². The molecule has 8 heteroatoms. The lowest BCUT2D eigenvalue weighted by molar-refractivity contribution is 0.590. The SMILES string of the molecule is NS(=O)(=O)CCCS(=O)(=O)Cc1ccccc1Cl. The Morgan fingerprint density at radius 3 is 2.22 bits per heavy atom. The molecule has 0 saturated carbocycles. The van der Waals surface area contributed by atoms with E-state index < -0.39 is 19.9 Å². The van der Waals surface area contributed by atoms with E-state index in [0.29, 0.717) is 10.6 Å². The van der Waals surface area contributed by atoms with Crippen molar-refractivity contribution in [3.63, 3.8) is 0 Å². The van der Waals surface area contributed by atoms with Crippen LogP contribution in [0.25, 0.3) is 0 Å². The summed E-state index contributed by atoms with van der Waals surface area (Å²) in [6.07, 6.45) is -0.00831. The summed E-state index contributed by atoms with van der Waals surface area (Å²) >= 11 is 5.86. The van der Waals surface area contributed by atoms with Crippen LogP contribution in [0.3, 0.4) is 0 Å². The molecule has 0 spiro atoms. The van der Waals surface area contributed by atoms with E-state index in [9.17, 15) is 16.8 Å². The minimum Gasteiger partial charge on any atom is -0.229 e. The molecule has 0 aliphatic carbocycles. The summed E-state index contributed by atoms with van der Waals surface area (Å²) in [6, 6.07) is 6.64. The van der Waals surface area contributed by atoms with Gasteiger partial charge in [0.1, 0.15) is 0 Å². The van der Waals surface area contributed by atoms with Gasteiger partial charge in [0.05, 0.1) is 17.3 Å². The third kappa shape index (κ3) is 5.81. The lowest BCUT2D eigenvalue weighted by atomic mass is 10.2. The molecule has 0 aliphatic rings. The maximum absolute atomic E-state index is 11.7. The van der Waals surface area contributed by atoms with Gasteiger partial charge in [-0.05, 0) is 18.1 Å². The molecule has 0 atom stereocenters. The van der Waals surface area contributed by atoms with Gasteiger partial charge < -0.3 is 0 Å². The molecule has 1 rings (SSSR count). The highest BCUT2D eigenvalue weighted by Gasteiger charge is 2.15. The average molecular weight is 312 g/mol. The Morgan fingerprint density at radius 2 is 1.67 bits per heavy atom. The number of sulfonamides is 1. The van der Waals surface area contributed by atoms with Gasteiger partial charge >= 0.3 is 0 Å². The van der Waals surface area contributed by atoms with E-state index in [1.165, 1.54) is 0 Å². The van der Waals surface area contributed by atoms with Crippen LogP contribution >= 0.6 is 11.6 Å². The molecule has 5 nitrogen and oxygen atoms in total. The van der Waals surface area contributed by atoms with Crippen molar-refractivity contribution < 1.29 is 16.8 Å². The van der Waals surface area contributed by atoms with E-state index in [1.54, 1.807) is 24.3 Å². The Kier molecular flexibility index (Phi) is 5.15. The molecule has 0 radical (unpaired) electrons. The molecule has 0 aromatic heterocycles. The summed E-state index contributed by atoms with van der Waals surface area (Å²) in [5, 5.41) is 5.18. The Bertz CT molecular complexity index is 611. The molecule has 0 aliphatic heterocycles. The fourth-order valence-electron chi connectivity index (χ4n) is 1.40. The highest BCUT2D eigenvalue weighted by atomic mass is 35.5. The molecule has 1 aromatic rings.